The summed E-state index contributed by atoms with van der Waals surface area (Å²) in [6.45, 7) is 3.02. The van der Waals surface area contributed by atoms with Crippen LogP contribution < -0.4 is 4.74 Å². The summed E-state index contributed by atoms with van der Waals surface area (Å²) in [6, 6.07) is 16.1. The summed E-state index contributed by atoms with van der Waals surface area (Å²) in [6.07, 6.45) is 2.88. The van der Waals surface area contributed by atoms with E-state index in [0.29, 0.717) is 5.92 Å². The molecule has 0 aliphatic rings. The Morgan fingerprint density at radius 2 is 1.91 bits per heavy atom. The van der Waals surface area contributed by atoms with Crippen LogP contribution in [0.15, 0.2) is 54.7 Å². The molecule has 3 nitrogen and oxygen atoms in total. The Morgan fingerprint density at radius 3 is 2.78 bits per heavy atom. The maximum atomic E-state index is 5.33. The van der Waals surface area contributed by atoms with Crippen LogP contribution in [0.4, 0.5) is 0 Å². The van der Waals surface area contributed by atoms with Crippen LogP contribution in [0.5, 0.6) is 5.75 Å². The fourth-order valence-electron chi connectivity index (χ4n) is 2.54. The molecule has 23 heavy (non-hydrogen) atoms. The van der Waals surface area contributed by atoms with Crippen LogP contribution in [0.2, 0.25) is 0 Å². The lowest BCUT2D eigenvalue weighted by atomic mass is 10.1. The second-order valence-electron chi connectivity index (χ2n) is 5.59. The van der Waals surface area contributed by atoms with Gasteiger partial charge in [0.25, 0.3) is 0 Å². The summed E-state index contributed by atoms with van der Waals surface area (Å²) in [5.74, 6) is 7.66. The maximum Gasteiger partial charge on any atom is 0.134 e. The molecule has 0 N–H and O–H groups in total. The molecule has 1 heterocycles. The number of benzene rings is 2. The number of fused-ring (bicyclic) bond motifs is 1. The standard InChI is InChI=1S/C20H20N2O/c1-16(11-12-17-7-4-6-10-20(17)23-2)13-14-22-19-9-5-3-8-18(19)15-21-22/h3-10,15-16H,13-14H2,1-2H3. The number of para-hydroxylation sites is 2. The van der Waals surface area contributed by atoms with E-state index in [1.807, 2.05) is 42.6 Å². The first kappa shape index (κ1) is 15.2. The third kappa shape index (κ3) is 3.54. The first-order valence-electron chi connectivity index (χ1n) is 7.83. The van der Waals surface area contributed by atoms with Crippen molar-refractivity contribution in [2.75, 3.05) is 7.11 Å². The summed E-state index contributed by atoms with van der Waals surface area (Å²) in [5, 5.41) is 5.64. The Morgan fingerprint density at radius 1 is 1.13 bits per heavy atom. The van der Waals surface area contributed by atoms with Crippen molar-refractivity contribution in [1.82, 2.24) is 9.78 Å². The van der Waals surface area contributed by atoms with E-state index in [0.717, 1.165) is 24.3 Å². The third-order valence-corrected chi connectivity index (χ3v) is 3.89. The van der Waals surface area contributed by atoms with Crippen LogP contribution in [-0.4, -0.2) is 16.9 Å². The van der Waals surface area contributed by atoms with Crippen molar-refractivity contribution in [3.8, 4) is 17.6 Å². The summed E-state index contributed by atoms with van der Waals surface area (Å²) in [5.41, 5.74) is 2.11. The number of hydrogen-bond donors (Lipinski definition) is 0. The molecule has 3 rings (SSSR count). The molecule has 1 unspecified atom stereocenters. The lowest BCUT2D eigenvalue weighted by Crippen LogP contribution is -2.03. The highest BCUT2D eigenvalue weighted by molar-refractivity contribution is 5.78. The van der Waals surface area contributed by atoms with E-state index in [9.17, 15) is 0 Å². The molecule has 2 aromatic carbocycles. The van der Waals surface area contributed by atoms with Gasteiger partial charge in [-0.15, -0.1) is 0 Å². The Hall–Kier alpha value is -2.73. The van der Waals surface area contributed by atoms with E-state index < -0.39 is 0 Å². The van der Waals surface area contributed by atoms with Crippen LogP contribution >= 0.6 is 0 Å². The van der Waals surface area contributed by atoms with E-state index in [-0.39, 0.29) is 0 Å². The van der Waals surface area contributed by atoms with Gasteiger partial charge in [-0.1, -0.05) is 49.1 Å². The average Bonchev–Trinajstić information content (AvgIpc) is 3.01. The van der Waals surface area contributed by atoms with Gasteiger partial charge in [-0.05, 0) is 24.6 Å². The van der Waals surface area contributed by atoms with E-state index in [2.05, 4.69) is 40.7 Å². The molecule has 0 saturated heterocycles. The van der Waals surface area contributed by atoms with Crippen LogP contribution in [0, 0.1) is 17.8 Å². The number of aromatic nitrogens is 2. The molecule has 0 bridgehead atoms. The molecule has 0 aliphatic heterocycles. The van der Waals surface area contributed by atoms with Crippen molar-refractivity contribution in [2.24, 2.45) is 5.92 Å². The molecule has 116 valence electrons. The van der Waals surface area contributed by atoms with Gasteiger partial charge in [-0.2, -0.15) is 5.10 Å². The predicted molar refractivity (Wildman–Crippen MR) is 93.4 cm³/mol. The second kappa shape index (κ2) is 7.02. The highest BCUT2D eigenvalue weighted by Gasteiger charge is 2.04. The molecule has 0 spiro atoms. The lowest BCUT2D eigenvalue weighted by molar-refractivity contribution is 0.413. The van der Waals surface area contributed by atoms with E-state index in [4.69, 9.17) is 4.74 Å². The van der Waals surface area contributed by atoms with Gasteiger partial charge in [0.2, 0.25) is 0 Å². The Labute approximate surface area is 136 Å². The number of nitrogens with zero attached hydrogens (tertiary/aromatic N) is 2. The van der Waals surface area contributed by atoms with Gasteiger partial charge in [0.1, 0.15) is 5.75 Å². The number of hydrogen-bond acceptors (Lipinski definition) is 2. The van der Waals surface area contributed by atoms with Crippen molar-refractivity contribution in [2.45, 2.75) is 19.9 Å². The van der Waals surface area contributed by atoms with Gasteiger partial charge in [0, 0.05) is 17.8 Å². The van der Waals surface area contributed by atoms with Crippen molar-refractivity contribution in [3.63, 3.8) is 0 Å². The summed E-state index contributed by atoms with van der Waals surface area (Å²) < 4.78 is 7.38. The average molecular weight is 304 g/mol. The molecular formula is C20H20N2O. The minimum Gasteiger partial charge on any atom is -0.495 e. The number of methoxy groups -OCH3 is 1. The Balaban J connectivity index is 1.66. The normalized spacial score (nSPS) is 11.7. The molecule has 1 atom stereocenters. The molecule has 0 saturated carbocycles. The van der Waals surface area contributed by atoms with Crippen LogP contribution in [0.3, 0.4) is 0 Å². The Kier molecular flexibility index (Phi) is 4.63. The number of aryl methyl sites for hydroxylation is 1. The fraction of sp³-hybridized carbons (Fsp3) is 0.250. The van der Waals surface area contributed by atoms with Crippen molar-refractivity contribution >= 4 is 10.9 Å². The van der Waals surface area contributed by atoms with Crippen LogP contribution in [-0.2, 0) is 6.54 Å². The van der Waals surface area contributed by atoms with Gasteiger partial charge in [-0.3, -0.25) is 4.68 Å². The monoisotopic (exact) mass is 304 g/mol. The van der Waals surface area contributed by atoms with Crippen LogP contribution in [0.1, 0.15) is 18.9 Å². The van der Waals surface area contributed by atoms with Gasteiger partial charge in [0.05, 0.1) is 24.4 Å². The van der Waals surface area contributed by atoms with E-state index in [1.165, 1.54) is 10.9 Å². The molecule has 0 radical (unpaired) electrons. The fourth-order valence-corrected chi connectivity index (χ4v) is 2.54. The second-order valence-corrected chi connectivity index (χ2v) is 5.59. The van der Waals surface area contributed by atoms with Crippen LogP contribution in [0.25, 0.3) is 10.9 Å². The quantitative estimate of drug-likeness (QED) is 0.678. The zero-order valence-corrected chi connectivity index (χ0v) is 13.5. The number of ether oxygens (including phenoxy) is 1. The molecular weight excluding hydrogens is 284 g/mol. The molecule has 3 aromatic rings. The first-order chi connectivity index (χ1) is 11.3. The molecule has 0 amide bonds. The largest absolute Gasteiger partial charge is 0.495 e. The lowest BCUT2D eigenvalue weighted by Gasteiger charge is -2.06. The smallest absolute Gasteiger partial charge is 0.134 e. The maximum absolute atomic E-state index is 5.33. The van der Waals surface area contributed by atoms with E-state index in [1.54, 1.807) is 7.11 Å². The summed E-state index contributed by atoms with van der Waals surface area (Å²) in [4.78, 5) is 0. The van der Waals surface area contributed by atoms with Gasteiger partial charge < -0.3 is 4.74 Å². The van der Waals surface area contributed by atoms with E-state index >= 15 is 0 Å². The van der Waals surface area contributed by atoms with Crippen molar-refractivity contribution in [1.29, 1.82) is 0 Å². The molecule has 3 heteroatoms. The SMILES string of the molecule is COc1ccccc1C#CC(C)CCn1ncc2ccccc21. The minimum absolute atomic E-state index is 0.294. The van der Waals surface area contributed by atoms with Gasteiger partial charge >= 0.3 is 0 Å². The zero-order valence-electron chi connectivity index (χ0n) is 13.5. The van der Waals surface area contributed by atoms with Crippen molar-refractivity contribution < 1.29 is 4.74 Å². The number of rotatable bonds is 4. The van der Waals surface area contributed by atoms with Gasteiger partial charge in [0.15, 0.2) is 0 Å². The van der Waals surface area contributed by atoms with Crippen molar-refractivity contribution in [3.05, 3.63) is 60.3 Å². The highest BCUT2D eigenvalue weighted by Crippen LogP contribution is 2.17. The molecule has 0 aliphatic carbocycles. The highest BCUT2D eigenvalue weighted by atomic mass is 16.5. The third-order valence-electron chi connectivity index (χ3n) is 3.89. The predicted octanol–water partition coefficient (Wildman–Crippen LogP) is 4.12. The summed E-state index contributed by atoms with van der Waals surface area (Å²) >= 11 is 0. The molecule has 0 fully saturated rings. The topological polar surface area (TPSA) is 27.1 Å². The van der Waals surface area contributed by atoms with Gasteiger partial charge in [-0.25, -0.2) is 0 Å². The molecule has 1 aromatic heterocycles. The zero-order chi connectivity index (χ0) is 16.1. The Bertz CT molecular complexity index is 854. The first-order valence-corrected chi connectivity index (χ1v) is 7.83. The summed E-state index contributed by atoms with van der Waals surface area (Å²) in [7, 11) is 1.67. The minimum atomic E-state index is 0.294.